The Morgan fingerprint density at radius 1 is 1.30 bits per heavy atom. The van der Waals surface area contributed by atoms with Crippen molar-refractivity contribution in [2.45, 2.75) is 45.4 Å². The number of morpholine rings is 1. The van der Waals surface area contributed by atoms with Gasteiger partial charge in [-0.1, -0.05) is 12.1 Å². The van der Waals surface area contributed by atoms with Gasteiger partial charge in [-0.2, -0.15) is 0 Å². The molecule has 8 heteroatoms. The van der Waals surface area contributed by atoms with E-state index in [0.29, 0.717) is 56.2 Å². The first-order valence-corrected chi connectivity index (χ1v) is 10.4. The van der Waals surface area contributed by atoms with E-state index in [1.54, 1.807) is 12.0 Å². The molecule has 3 heterocycles. The summed E-state index contributed by atoms with van der Waals surface area (Å²) in [5, 5.41) is 0. The van der Waals surface area contributed by atoms with Gasteiger partial charge in [-0.15, -0.1) is 0 Å². The first-order chi connectivity index (χ1) is 14.4. The van der Waals surface area contributed by atoms with Crippen LogP contribution in [-0.2, 0) is 28.9 Å². The average molecular weight is 412 g/mol. The number of amides is 1. The van der Waals surface area contributed by atoms with Crippen LogP contribution in [0.25, 0.3) is 0 Å². The number of aromatic nitrogens is 2. The van der Waals surface area contributed by atoms with Crippen molar-refractivity contribution in [1.82, 2.24) is 14.9 Å². The molecule has 0 radical (unpaired) electrons. The van der Waals surface area contributed by atoms with Crippen molar-refractivity contribution in [3.63, 3.8) is 0 Å². The number of hydrogen-bond donors (Lipinski definition) is 1. The van der Waals surface area contributed by atoms with E-state index in [4.69, 9.17) is 14.5 Å². The first kappa shape index (κ1) is 20.4. The first-order valence-electron chi connectivity index (χ1n) is 10.4. The highest BCUT2D eigenvalue weighted by Gasteiger charge is 2.28. The third-order valence-corrected chi connectivity index (χ3v) is 5.62. The quantitative estimate of drug-likeness (QED) is 0.819. The molecular weight excluding hydrogens is 384 g/mol. The molecule has 1 fully saturated rings. The molecule has 2 aromatic rings. The van der Waals surface area contributed by atoms with E-state index in [9.17, 15) is 9.59 Å². The van der Waals surface area contributed by atoms with Gasteiger partial charge in [-0.05, 0) is 38.0 Å². The van der Waals surface area contributed by atoms with E-state index < -0.39 is 0 Å². The summed E-state index contributed by atoms with van der Waals surface area (Å²) in [6.45, 7) is 6.24. The molecule has 1 aromatic carbocycles. The molecule has 2 atom stereocenters. The normalized spacial score (nSPS) is 21.3. The lowest BCUT2D eigenvalue weighted by molar-refractivity contribution is -0.131. The minimum absolute atomic E-state index is 0.0196. The summed E-state index contributed by atoms with van der Waals surface area (Å²) in [4.78, 5) is 37.0. The molecule has 0 saturated carbocycles. The maximum absolute atomic E-state index is 12.9. The fraction of sp³-hybridized carbons (Fsp3) is 0.500. The summed E-state index contributed by atoms with van der Waals surface area (Å²) < 4.78 is 11.0. The second kappa shape index (κ2) is 8.47. The summed E-state index contributed by atoms with van der Waals surface area (Å²) in [5.41, 5.74) is 2.16. The van der Waals surface area contributed by atoms with Crippen LogP contribution in [0.3, 0.4) is 0 Å². The Morgan fingerprint density at radius 2 is 2.07 bits per heavy atom. The van der Waals surface area contributed by atoms with Crippen LogP contribution in [0.4, 0.5) is 5.95 Å². The molecule has 1 aromatic heterocycles. The lowest BCUT2D eigenvalue weighted by Gasteiger charge is -2.36. The predicted molar refractivity (Wildman–Crippen MR) is 113 cm³/mol. The van der Waals surface area contributed by atoms with Gasteiger partial charge in [0.15, 0.2) is 0 Å². The molecule has 2 aliphatic heterocycles. The van der Waals surface area contributed by atoms with Crippen LogP contribution in [-0.4, -0.2) is 59.7 Å². The largest absolute Gasteiger partial charge is 0.497 e. The van der Waals surface area contributed by atoms with Crippen LogP contribution in [0.15, 0.2) is 29.1 Å². The predicted octanol–water partition coefficient (Wildman–Crippen LogP) is 1.52. The second-order valence-corrected chi connectivity index (χ2v) is 8.07. The standard InChI is InChI=1S/C22H28N4O4/c1-14-11-26(12-15(2)30-14)22-23-19-13-25(8-7-18(19)21(28)24-22)20(27)10-16-5-4-6-17(9-16)29-3/h4-6,9,14-15H,7-8,10-13H2,1-3H3,(H,23,24,28). The van der Waals surface area contributed by atoms with Gasteiger partial charge in [0, 0.05) is 25.2 Å². The van der Waals surface area contributed by atoms with Crippen LogP contribution in [0.5, 0.6) is 5.75 Å². The second-order valence-electron chi connectivity index (χ2n) is 8.07. The number of hydrogen-bond acceptors (Lipinski definition) is 6. The number of aromatic amines is 1. The summed E-state index contributed by atoms with van der Waals surface area (Å²) in [6, 6.07) is 7.53. The zero-order chi connectivity index (χ0) is 21.3. The number of H-pyrrole nitrogens is 1. The molecule has 2 unspecified atom stereocenters. The summed E-state index contributed by atoms with van der Waals surface area (Å²) >= 11 is 0. The topological polar surface area (TPSA) is 87.8 Å². The van der Waals surface area contributed by atoms with Gasteiger partial charge in [0.05, 0.1) is 38.0 Å². The number of methoxy groups -OCH3 is 1. The average Bonchev–Trinajstić information content (AvgIpc) is 2.72. The Hall–Kier alpha value is -2.87. The number of nitrogens with zero attached hydrogens (tertiary/aromatic N) is 3. The number of nitrogens with one attached hydrogen (secondary N) is 1. The molecule has 2 aliphatic rings. The van der Waals surface area contributed by atoms with Gasteiger partial charge in [0.2, 0.25) is 11.9 Å². The highest BCUT2D eigenvalue weighted by molar-refractivity contribution is 5.79. The zero-order valence-corrected chi connectivity index (χ0v) is 17.7. The Balaban J connectivity index is 1.51. The molecule has 1 N–H and O–H groups in total. The van der Waals surface area contributed by atoms with Crippen LogP contribution in [0, 0.1) is 0 Å². The number of ether oxygens (including phenoxy) is 2. The number of carbonyl (C=O) groups is 1. The maximum Gasteiger partial charge on any atom is 0.255 e. The minimum atomic E-state index is -0.110. The van der Waals surface area contributed by atoms with Gasteiger partial charge < -0.3 is 19.3 Å². The van der Waals surface area contributed by atoms with Crippen molar-refractivity contribution in [1.29, 1.82) is 0 Å². The molecule has 4 rings (SSSR count). The molecule has 30 heavy (non-hydrogen) atoms. The Labute approximate surface area is 175 Å². The maximum atomic E-state index is 12.9. The van der Waals surface area contributed by atoms with Crippen molar-refractivity contribution in [2.75, 3.05) is 31.6 Å². The lowest BCUT2D eigenvalue weighted by Crippen LogP contribution is -2.47. The zero-order valence-electron chi connectivity index (χ0n) is 17.7. The fourth-order valence-electron chi connectivity index (χ4n) is 4.21. The van der Waals surface area contributed by atoms with Crippen LogP contribution in [0.2, 0.25) is 0 Å². The fourth-order valence-corrected chi connectivity index (χ4v) is 4.21. The molecule has 160 valence electrons. The number of rotatable bonds is 4. The van der Waals surface area contributed by atoms with E-state index in [1.165, 1.54) is 0 Å². The minimum Gasteiger partial charge on any atom is -0.497 e. The molecule has 1 amide bonds. The molecule has 8 nitrogen and oxygen atoms in total. The molecule has 0 aliphatic carbocycles. The SMILES string of the molecule is COc1cccc(CC(=O)N2CCc3c(nc(N4CC(C)OC(C)C4)[nH]c3=O)C2)c1. The van der Waals surface area contributed by atoms with E-state index in [1.807, 2.05) is 38.1 Å². The third-order valence-electron chi connectivity index (χ3n) is 5.62. The highest BCUT2D eigenvalue weighted by Crippen LogP contribution is 2.21. The van der Waals surface area contributed by atoms with Crippen molar-refractivity contribution in [3.8, 4) is 5.75 Å². The van der Waals surface area contributed by atoms with Gasteiger partial charge in [-0.3, -0.25) is 14.6 Å². The number of carbonyl (C=O) groups excluding carboxylic acids is 1. The monoisotopic (exact) mass is 412 g/mol. The summed E-state index contributed by atoms with van der Waals surface area (Å²) in [7, 11) is 1.61. The number of anilines is 1. The van der Waals surface area contributed by atoms with Crippen LogP contribution >= 0.6 is 0 Å². The number of fused-ring (bicyclic) bond motifs is 1. The van der Waals surface area contributed by atoms with Gasteiger partial charge in [0.25, 0.3) is 5.56 Å². The highest BCUT2D eigenvalue weighted by atomic mass is 16.5. The van der Waals surface area contributed by atoms with Crippen LogP contribution < -0.4 is 15.2 Å². The van der Waals surface area contributed by atoms with Crippen molar-refractivity contribution in [3.05, 3.63) is 51.4 Å². The Morgan fingerprint density at radius 3 is 2.80 bits per heavy atom. The van der Waals surface area contributed by atoms with E-state index in [0.717, 1.165) is 11.3 Å². The smallest absolute Gasteiger partial charge is 0.255 e. The Bertz CT molecular complexity index is 979. The van der Waals surface area contributed by atoms with Crippen LogP contribution in [0.1, 0.15) is 30.7 Å². The molecular formula is C22H28N4O4. The van der Waals surface area contributed by atoms with Gasteiger partial charge in [-0.25, -0.2) is 4.98 Å². The number of benzene rings is 1. The third kappa shape index (κ3) is 4.33. The van der Waals surface area contributed by atoms with Crippen molar-refractivity contribution < 1.29 is 14.3 Å². The van der Waals surface area contributed by atoms with E-state index >= 15 is 0 Å². The van der Waals surface area contributed by atoms with Crippen molar-refractivity contribution in [2.24, 2.45) is 0 Å². The molecule has 1 saturated heterocycles. The van der Waals surface area contributed by atoms with Gasteiger partial charge >= 0.3 is 0 Å². The molecule has 0 spiro atoms. The van der Waals surface area contributed by atoms with E-state index in [-0.39, 0.29) is 23.7 Å². The molecule has 0 bridgehead atoms. The van der Waals surface area contributed by atoms with Crippen molar-refractivity contribution >= 4 is 11.9 Å². The lowest BCUT2D eigenvalue weighted by atomic mass is 10.0. The summed E-state index contributed by atoms with van der Waals surface area (Å²) in [5.74, 6) is 1.31. The Kier molecular flexibility index (Phi) is 5.76. The van der Waals surface area contributed by atoms with Gasteiger partial charge in [0.1, 0.15) is 5.75 Å². The van der Waals surface area contributed by atoms with E-state index in [2.05, 4.69) is 9.88 Å². The summed E-state index contributed by atoms with van der Waals surface area (Å²) in [6.07, 6.45) is 0.936.